The minimum Gasteiger partial charge on any atom is -0.396 e. The number of aliphatic hydroxyl groups is 1. The van der Waals surface area contributed by atoms with Crippen LogP contribution in [0.5, 0.6) is 0 Å². The number of nitrogens with zero attached hydrogens (tertiary/aromatic N) is 2. The van der Waals surface area contributed by atoms with E-state index in [2.05, 4.69) is 10.4 Å². The van der Waals surface area contributed by atoms with Crippen molar-refractivity contribution in [1.29, 1.82) is 0 Å². The van der Waals surface area contributed by atoms with E-state index >= 15 is 0 Å². The van der Waals surface area contributed by atoms with Crippen molar-refractivity contribution < 1.29 is 9.90 Å². The number of carbonyl (C=O) groups excluding carboxylic acids is 1. The Bertz CT molecular complexity index is 694. The molecule has 1 heterocycles. The van der Waals surface area contributed by atoms with Crippen LogP contribution in [0.4, 0.5) is 0 Å². The summed E-state index contributed by atoms with van der Waals surface area (Å²) in [5, 5.41) is 16.9. The third-order valence-electron chi connectivity index (χ3n) is 3.66. The van der Waals surface area contributed by atoms with Crippen molar-refractivity contribution in [2.75, 3.05) is 6.61 Å². The first-order chi connectivity index (χ1) is 10.7. The highest BCUT2D eigenvalue weighted by Crippen LogP contribution is 2.18. The molecule has 114 valence electrons. The van der Waals surface area contributed by atoms with Gasteiger partial charge in [0.2, 0.25) is 0 Å². The minimum atomic E-state index is -0.173. The van der Waals surface area contributed by atoms with Crippen molar-refractivity contribution in [3.63, 3.8) is 0 Å². The fraction of sp³-hybridized carbons (Fsp3) is 0.250. The molecule has 0 saturated carbocycles. The summed E-state index contributed by atoms with van der Waals surface area (Å²) in [6.07, 6.45) is 7.80. The Labute approximate surface area is 133 Å². The van der Waals surface area contributed by atoms with Gasteiger partial charge in [-0.2, -0.15) is 5.10 Å². The predicted molar refractivity (Wildman–Crippen MR) is 84.2 cm³/mol. The lowest BCUT2D eigenvalue weighted by atomic mass is 10.1. The van der Waals surface area contributed by atoms with Gasteiger partial charge in [-0.25, -0.2) is 4.68 Å². The van der Waals surface area contributed by atoms with E-state index in [1.807, 2.05) is 24.3 Å². The Morgan fingerprint density at radius 3 is 2.82 bits per heavy atom. The number of halogens is 1. The Kier molecular flexibility index (Phi) is 4.27. The van der Waals surface area contributed by atoms with Gasteiger partial charge in [-0.3, -0.25) is 4.79 Å². The maximum absolute atomic E-state index is 12.2. The summed E-state index contributed by atoms with van der Waals surface area (Å²) in [6, 6.07) is 7.18. The quantitative estimate of drug-likeness (QED) is 0.849. The van der Waals surface area contributed by atoms with E-state index in [9.17, 15) is 4.79 Å². The largest absolute Gasteiger partial charge is 0.396 e. The van der Waals surface area contributed by atoms with Crippen LogP contribution in [0.15, 0.2) is 48.8 Å². The van der Waals surface area contributed by atoms with Crippen LogP contribution < -0.4 is 5.32 Å². The number of aliphatic hydroxyl groups excluding tert-OH is 1. The minimum absolute atomic E-state index is 0.0384. The first-order valence-electron chi connectivity index (χ1n) is 7.06. The zero-order chi connectivity index (χ0) is 15.5. The number of nitrogens with one attached hydrogen (secondary N) is 1. The SMILES string of the molecule is O=C(N[C@@H]1C=C[C@H](CO)C1)c1cnn(-c2ccc(Cl)cc2)c1. The van der Waals surface area contributed by atoms with Crippen LogP contribution in [-0.4, -0.2) is 33.4 Å². The average molecular weight is 318 g/mol. The van der Waals surface area contributed by atoms with E-state index in [1.165, 1.54) is 6.20 Å². The van der Waals surface area contributed by atoms with E-state index in [1.54, 1.807) is 23.0 Å². The third kappa shape index (κ3) is 3.21. The van der Waals surface area contributed by atoms with Crippen LogP contribution in [0, 0.1) is 5.92 Å². The summed E-state index contributed by atoms with van der Waals surface area (Å²) in [6.45, 7) is 0.109. The van der Waals surface area contributed by atoms with Gasteiger partial charge in [-0.15, -0.1) is 0 Å². The smallest absolute Gasteiger partial charge is 0.254 e. The molecule has 0 spiro atoms. The van der Waals surface area contributed by atoms with Gasteiger partial charge < -0.3 is 10.4 Å². The molecule has 2 atom stereocenters. The fourth-order valence-corrected chi connectivity index (χ4v) is 2.57. The molecule has 0 radical (unpaired) electrons. The van der Waals surface area contributed by atoms with Gasteiger partial charge in [-0.05, 0) is 30.7 Å². The second kappa shape index (κ2) is 6.34. The van der Waals surface area contributed by atoms with Gasteiger partial charge in [0.05, 0.1) is 17.4 Å². The van der Waals surface area contributed by atoms with Crippen molar-refractivity contribution in [3.8, 4) is 5.69 Å². The summed E-state index contributed by atoms with van der Waals surface area (Å²) in [7, 11) is 0. The Hall–Kier alpha value is -2.11. The van der Waals surface area contributed by atoms with Crippen LogP contribution in [0.2, 0.25) is 5.02 Å². The maximum atomic E-state index is 12.2. The lowest BCUT2D eigenvalue weighted by Crippen LogP contribution is -2.32. The highest BCUT2D eigenvalue weighted by atomic mass is 35.5. The molecule has 1 aliphatic carbocycles. The predicted octanol–water partition coefficient (Wildman–Crippen LogP) is 2.19. The van der Waals surface area contributed by atoms with Gasteiger partial charge >= 0.3 is 0 Å². The van der Waals surface area contributed by atoms with Gasteiger partial charge in [0.25, 0.3) is 5.91 Å². The zero-order valence-electron chi connectivity index (χ0n) is 11.8. The summed E-state index contributed by atoms with van der Waals surface area (Å²) in [5.41, 5.74) is 1.33. The zero-order valence-corrected chi connectivity index (χ0v) is 12.6. The van der Waals surface area contributed by atoms with E-state index in [0.29, 0.717) is 10.6 Å². The molecule has 0 bridgehead atoms. The molecule has 1 amide bonds. The summed E-state index contributed by atoms with van der Waals surface area (Å²) in [5.74, 6) is -0.0458. The molecule has 3 rings (SSSR count). The van der Waals surface area contributed by atoms with Gasteiger partial charge in [0, 0.05) is 29.8 Å². The molecule has 0 fully saturated rings. The van der Waals surface area contributed by atoms with Crippen molar-refractivity contribution in [3.05, 3.63) is 59.4 Å². The highest BCUT2D eigenvalue weighted by molar-refractivity contribution is 6.30. The summed E-state index contributed by atoms with van der Waals surface area (Å²) in [4.78, 5) is 12.2. The molecule has 1 aromatic heterocycles. The Morgan fingerprint density at radius 2 is 2.14 bits per heavy atom. The first kappa shape index (κ1) is 14.8. The average Bonchev–Trinajstić information content (AvgIpc) is 3.17. The summed E-state index contributed by atoms with van der Waals surface area (Å²) < 4.78 is 1.63. The lowest BCUT2D eigenvalue weighted by molar-refractivity contribution is 0.0941. The third-order valence-corrected chi connectivity index (χ3v) is 3.91. The van der Waals surface area contributed by atoms with Crippen molar-refractivity contribution >= 4 is 17.5 Å². The standard InChI is InChI=1S/C16H16ClN3O2/c17-13-2-5-15(6-3-13)20-9-12(8-18-20)16(22)19-14-4-1-11(7-14)10-21/h1-6,8-9,11,14,21H,7,10H2,(H,19,22)/t11-,14+/m0/s1. The van der Waals surface area contributed by atoms with E-state index in [0.717, 1.165) is 12.1 Å². The molecule has 22 heavy (non-hydrogen) atoms. The first-order valence-corrected chi connectivity index (χ1v) is 7.44. The number of benzene rings is 1. The number of carbonyl (C=O) groups is 1. The monoisotopic (exact) mass is 317 g/mol. The molecule has 1 aromatic carbocycles. The normalized spacial score (nSPS) is 20.3. The number of rotatable bonds is 4. The molecule has 1 aliphatic rings. The van der Waals surface area contributed by atoms with Crippen LogP contribution in [-0.2, 0) is 0 Å². The topological polar surface area (TPSA) is 67.2 Å². The van der Waals surface area contributed by atoms with Crippen molar-refractivity contribution in [2.24, 2.45) is 5.92 Å². The molecule has 0 aliphatic heterocycles. The molecule has 0 saturated heterocycles. The number of amides is 1. The second-order valence-electron chi connectivity index (χ2n) is 5.29. The Balaban J connectivity index is 1.67. The molecular formula is C16H16ClN3O2. The van der Waals surface area contributed by atoms with Crippen molar-refractivity contribution in [1.82, 2.24) is 15.1 Å². The molecule has 5 nitrogen and oxygen atoms in total. The van der Waals surface area contributed by atoms with E-state index in [4.69, 9.17) is 16.7 Å². The number of hydrogen-bond donors (Lipinski definition) is 2. The molecular weight excluding hydrogens is 302 g/mol. The fourth-order valence-electron chi connectivity index (χ4n) is 2.44. The van der Waals surface area contributed by atoms with E-state index in [-0.39, 0.29) is 24.5 Å². The van der Waals surface area contributed by atoms with Crippen molar-refractivity contribution in [2.45, 2.75) is 12.5 Å². The summed E-state index contributed by atoms with van der Waals surface area (Å²) >= 11 is 5.86. The van der Waals surface area contributed by atoms with Crippen LogP contribution >= 0.6 is 11.6 Å². The van der Waals surface area contributed by atoms with Gasteiger partial charge in [0.15, 0.2) is 0 Å². The number of aromatic nitrogens is 2. The Morgan fingerprint density at radius 1 is 1.36 bits per heavy atom. The molecule has 6 heteroatoms. The highest BCUT2D eigenvalue weighted by Gasteiger charge is 2.20. The second-order valence-corrected chi connectivity index (χ2v) is 5.73. The maximum Gasteiger partial charge on any atom is 0.254 e. The van der Waals surface area contributed by atoms with E-state index < -0.39 is 0 Å². The van der Waals surface area contributed by atoms with Gasteiger partial charge in [0.1, 0.15) is 0 Å². The van der Waals surface area contributed by atoms with Crippen LogP contribution in [0.25, 0.3) is 5.69 Å². The molecule has 2 aromatic rings. The lowest BCUT2D eigenvalue weighted by Gasteiger charge is -2.11. The molecule has 2 N–H and O–H groups in total. The van der Waals surface area contributed by atoms with Crippen LogP contribution in [0.3, 0.4) is 0 Å². The molecule has 0 unspecified atom stereocenters. The van der Waals surface area contributed by atoms with Crippen LogP contribution in [0.1, 0.15) is 16.8 Å². The number of hydrogen-bond acceptors (Lipinski definition) is 3. The van der Waals surface area contributed by atoms with Gasteiger partial charge in [-0.1, -0.05) is 23.8 Å².